The number of halogens is 3. The summed E-state index contributed by atoms with van der Waals surface area (Å²) in [6.07, 6.45) is 0. The minimum absolute atomic E-state index is 0.134. The molecule has 0 atom stereocenters. The van der Waals surface area contributed by atoms with E-state index in [0.29, 0.717) is 0 Å². The first-order valence-electron chi connectivity index (χ1n) is 3.70. The Morgan fingerprint density at radius 1 is 1.36 bits per heavy atom. The van der Waals surface area contributed by atoms with E-state index in [0.717, 1.165) is 22.6 Å². The Labute approximate surface area is 93.4 Å². The molecule has 0 bridgehead atoms. The Morgan fingerprint density at radius 3 is 2.21 bits per heavy atom. The predicted molar refractivity (Wildman–Crippen MR) is 55.7 cm³/mol. The van der Waals surface area contributed by atoms with Gasteiger partial charge in [0.25, 0.3) is 0 Å². The zero-order valence-corrected chi connectivity index (χ0v) is 9.42. The summed E-state index contributed by atoms with van der Waals surface area (Å²) >= 11 is 1.03. The first kappa shape index (κ1) is 11.4. The van der Waals surface area contributed by atoms with E-state index >= 15 is 0 Å². The molecule has 0 heterocycles. The molecule has 0 aliphatic rings. The van der Waals surface area contributed by atoms with Gasteiger partial charge in [-0.2, -0.15) is 8.78 Å². The summed E-state index contributed by atoms with van der Waals surface area (Å²) < 4.78 is 27.0. The first-order valence-corrected chi connectivity index (χ1v) is 4.78. The van der Waals surface area contributed by atoms with Gasteiger partial charge in [-0.15, -0.1) is 0 Å². The summed E-state index contributed by atoms with van der Waals surface area (Å²) in [6.45, 7) is 0. The molecule has 1 aromatic rings. The molecule has 0 radical (unpaired) electrons. The molecular weight excluding hydrogens is 305 g/mol. The highest BCUT2D eigenvalue weighted by atomic mass is 127. The third-order valence-electron chi connectivity index (χ3n) is 1.63. The molecule has 1 rings (SSSR count). The quantitative estimate of drug-likeness (QED) is 0.477. The van der Waals surface area contributed by atoms with Crippen LogP contribution in [0.1, 0.15) is 15.9 Å². The van der Waals surface area contributed by atoms with Gasteiger partial charge in [-0.25, -0.2) is 4.79 Å². The number of alkyl halides is 3. The lowest BCUT2D eigenvalue weighted by molar-refractivity contribution is 0.0600. The molecular formula is C9H7F2IO2. The van der Waals surface area contributed by atoms with E-state index in [1.165, 1.54) is 31.4 Å². The number of hydrogen-bond donors (Lipinski definition) is 0. The van der Waals surface area contributed by atoms with E-state index < -0.39 is 9.90 Å². The predicted octanol–water partition coefficient (Wildman–Crippen LogP) is 2.96. The van der Waals surface area contributed by atoms with Crippen LogP contribution in [0.15, 0.2) is 24.3 Å². The fourth-order valence-corrected chi connectivity index (χ4v) is 1.27. The molecule has 76 valence electrons. The summed E-state index contributed by atoms with van der Waals surface area (Å²) in [5, 5.41) is 0. The van der Waals surface area contributed by atoms with Gasteiger partial charge in [0.05, 0.1) is 12.7 Å². The molecule has 0 fully saturated rings. The Hall–Kier alpha value is -0.720. The molecule has 1 aromatic carbocycles. The maximum atomic E-state index is 12.7. The number of ether oxygens (including phenoxy) is 1. The second-order valence-corrected chi connectivity index (χ2v) is 3.92. The number of hydrogen-bond acceptors (Lipinski definition) is 2. The number of carbonyl (C=O) groups excluding carboxylic acids is 1. The number of esters is 1. The van der Waals surface area contributed by atoms with Gasteiger partial charge >= 0.3 is 9.90 Å². The van der Waals surface area contributed by atoms with Crippen molar-refractivity contribution < 1.29 is 18.3 Å². The first-order chi connectivity index (χ1) is 6.45. The van der Waals surface area contributed by atoms with Crippen LogP contribution < -0.4 is 0 Å². The zero-order chi connectivity index (χ0) is 10.8. The van der Waals surface area contributed by atoms with Gasteiger partial charge in [0.2, 0.25) is 0 Å². The standard InChI is InChI=1S/C9H7F2IO2/c1-14-8(13)6-2-4-7(5-3-6)9(10,11)12/h2-5H,1H3. The molecule has 2 nitrogen and oxygen atoms in total. The molecule has 0 unspecified atom stereocenters. The van der Waals surface area contributed by atoms with Gasteiger partial charge in [0.15, 0.2) is 0 Å². The Morgan fingerprint density at radius 2 is 1.86 bits per heavy atom. The topological polar surface area (TPSA) is 26.3 Å². The molecule has 0 saturated heterocycles. The van der Waals surface area contributed by atoms with E-state index in [-0.39, 0.29) is 11.1 Å². The van der Waals surface area contributed by atoms with Crippen LogP contribution >= 0.6 is 22.6 Å². The number of rotatable bonds is 2. The lowest BCUT2D eigenvalue weighted by atomic mass is 10.1. The number of carbonyl (C=O) groups is 1. The van der Waals surface area contributed by atoms with Crippen LogP contribution in [0, 0.1) is 0 Å². The van der Waals surface area contributed by atoms with E-state index in [2.05, 4.69) is 4.74 Å². The van der Waals surface area contributed by atoms with Crippen molar-refractivity contribution in [3.8, 4) is 0 Å². The van der Waals surface area contributed by atoms with Crippen molar-refractivity contribution in [2.45, 2.75) is 3.93 Å². The fourth-order valence-electron chi connectivity index (χ4n) is 0.913. The normalized spacial score (nSPS) is 11.1. The Kier molecular flexibility index (Phi) is 3.41. The van der Waals surface area contributed by atoms with Crippen molar-refractivity contribution in [3.05, 3.63) is 35.4 Å². The van der Waals surface area contributed by atoms with Crippen LogP contribution in [0.25, 0.3) is 0 Å². The molecule has 0 saturated carbocycles. The fraction of sp³-hybridized carbons (Fsp3) is 0.222. The molecule has 5 heteroatoms. The molecule has 0 aromatic heterocycles. The van der Waals surface area contributed by atoms with Crippen LogP contribution in [0.2, 0.25) is 0 Å². The molecule has 14 heavy (non-hydrogen) atoms. The van der Waals surface area contributed by atoms with E-state index in [1.54, 1.807) is 0 Å². The van der Waals surface area contributed by atoms with Crippen LogP contribution in [0.3, 0.4) is 0 Å². The molecule has 0 N–H and O–H groups in total. The van der Waals surface area contributed by atoms with Crippen molar-refractivity contribution in [2.75, 3.05) is 7.11 Å². The van der Waals surface area contributed by atoms with Gasteiger partial charge in [-0.3, -0.25) is 0 Å². The van der Waals surface area contributed by atoms with Gasteiger partial charge in [-0.1, -0.05) is 12.1 Å². The molecule has 0 aliphatic heterocycles. The minimum atomic E-state index is -2.91. The lowest BCUT2D eigenvalue weighted by Crippen LogP contribution is -2.05. The van der Waals surface area contributed by atoms with Crippen molar-refractivity contribution >= 4 is 28.6 Å². The lowest BCUT2D eigenvalue weighted by Gasteiger charge is -2.08. The van der Waals surface area contributed by atoms with E-state index in [9.17, 15) is 13.6 Å². The molecule has 0 spiro atoms. The average molecular weight is 312 g/mol. The molecule has 0 amide bonds. The second-order valence-electron chi connectivity index (χ2n) is 2.57. The summed E-state index contributed by atoms with van der Waals surface area (Å²) in [5.41, 5.74) is 0.127. The van der Waals surface area contributed by atoms with Crippen molar-refractivity contribution in [1.29, 1.82) is 0 Å². The van der Waals surface area contributed by atoms with Crippen LogP contribution in [0.5, 0.6) is 0 Å². The largest absolute Gasteiger partial charge is 0.465 e. The Balaban J connectivity index is 2.95. The van der Waals surface area contributed by atoms with Gasteiger partial charge < -0.3 is 4.74 Å². The smallest absolute Gasteiger partial charge is 0.337 e. The van der Waals surface area contributed by atoms with Gasteiger partial charge in [0, 0.05) is 28.2 Å². The number of methoxy groups -OCH3 is 1. The number of benzene rings is 1. The zero-order valence-electron chi connectivity index (χ0n) is 7.26. The monoisotopic (exact) mass is 312 g/mol. The van der Waals surface area contributed by atoms with Crippen LogP contribution in [-0.2, 0) is 8.67 Å². The van der Waals surface area contributed by atoms with E-state index in [4.69, 9.17) is 0 Å². The van der Waals surface area contributed by atoms with Crippen molar-refractivity contribution in [2.24, 2.45) is 0 Å². The van der Waals surface area contributed by atoms with Crippen LogP contribution in [-0.4, -0.2) is 13.1 Å². The van der Waals surface area contributed by atoms with Crippen molar-refractivity contribution in [1.82, 2.24) is 0 Å². The highest BCUT2D eigenvalue weighted by Crippen LogP contribution is 2.34. The maximum Gasteiger partial charge on any atom is 0.337 e. The second kappa shape index (κ2) is 4.20. The molecule has 0 aliphatic carbocycles. The SMILES string of the molecule is COC(=O)c1ccc(C(F)(F)I)cc1. The summed E-state index contributed by atoms with van der Waals surface area (Å²) in [5.74, 6) is -0.534. The Bertz CT molecular complexity index is 330. The van der Waals surface area contributed by atoms with Gasteiger partial charge in [0.1, 0.15) is 0 Å². The van der Waals surface area contributed by atoms with Gasteiger partial charge in [-0.05, 0) is 12.1 Å². The van der Waals surface area contributed by atoms with Crippen LogP contribution in [0.4, 0.5) is 8.78 Å². The summed E-state index contributed by atoms with van der Waals surface area (Å²) in [4.78, 5) is 11.0. The van der Waals surface area contributed by atoms with E-state index in [1.807, 2.05) is 0 Å². The highest BCUT2D eigenvalue weighted by molar-refractivity contribution is 14.1. The maximum absolute atomic E-state index is 12.7. The summed E-state index contributed by atoms with van der Waals surface area (Å²) in [6, 6.07) is 5.04. The minimum Gasteiger partial charge on any atom is -0.465 e. The van der Waals surface area contributed by atoms with Crippen molar-refractivity contribution in [3.63, 3.8) is 0 Å². The summed E-state index contributed by atoms with van der Waals surface area (Å²) in [7, 11) is 1.24. The highest BCUT2D eigenvalue weighted by Gasteiger charge is 2.26. The third-order valence-corrected chi connectivity index (χ3v) is 2.26. The average Bonchev–Trinajstić information content (AvgIpc) is 2.15. The third kappa shape index (κ3) is 2.63.